The van der Waals surface area contributed by atoms with Gasteiger partial charge < -0.3 is 10.6 Å². The van der Waals surface area contributed by atoms with Gasteiger partial charge in [0, 0.05) is 24.7 Å². The summed E-state index contributed by atoms with van der Waals surface area (Å²) in [6.07, 6.45) is -3.41. The number of anilines is 1. The topological polar surface area (TPSA) is 24.1 Å². The van der Waals surface area contributed by atoms with Crippen molar-refractivity contribution in [3.63, 3.8) is 0 Å². The summed E-state index contributed by atoms with van der Waals surface area (Å²) in [4.78, 5) is 0. The molecule has 1 aromatic rings. The molecule has 5 heteroatoms. The third kappa shape index (κ3) is 2.77. The summed E-state index contributed by atoms with van der Waals surface area (Å²) in [7, 11) is 0. The Morgan fingerprint density at radius 3 is 2.83 bits per heavy atom. The summed E-state index contributed by atoms with van der Waals surface area (Å²) in [6, 6.07) is 3.96. The molecule has 0 amide bonds. The highest BCUT2D eigenvalue weighted by atomic mass is 19.4. The van der Waals surface area contributed by atoms with Crippen LogP contribution in [-0.4, -0.2) is 19.6 Å². The minimum atomic E-state index is -4.27. The van der Waals surface area contributed by atoms with E-state index in [1.54, 1.807) is 0 Å². The van der Waals surface area contributed by atoms with E-state index >= 15 is 0 Å². The Kier molecular flexibility index (Phi) is 3.80. The maximum absolute atomic E-state index is 12.7. The summed E-state index contributed by atoms with van der Waals surface area (Å²) in [6.45, 7) is 4.37. The van der Waals surface area contributed by atoms with Crippen LogP contribution < -0.4 is 10.6 Å². The number of hydrogen-bond donors (Lipinski definition) is 2. The van der Waals surface area contributed by atoms with Crippen LogP contribution in [0, 0.1) is 0 Å². The van der Waals surface area contributed by atoms with Gasteiger partial charge in [0.2, 0.25) is 0 Å². The maximum atomic E-state index is 12.7. The molecule has 1 atom stereocenters. The number of benzene rings is 1. The van der Waals surface area contributed by atoms with E-state index in [-0.39, 0.29) is 5.92 Å². The summed E-state index contributed by atoms with van der Waals surface area (Å²) in [5.74, 6) is 0.156. The highest BCUT2D eigenvalue weighted by Gasteiger charge is 2.32. The van der Waals surface area contributed by atoms with Gasteiger partial charge in [-0.25, -0.2) is 0 Å². The molecule has 2 N–H and O–H groups in total. The molecular weight excluding hydrogens is 241 g/mol. The largest absolute Gasteiger partial charge is 0.416 e. The summed E-state index contributed by atoms with van der Waals surface area (Å²) >= 11 is 0. The fraction of sp³-hybridized carbons (Fsp3) is 0.538. The molecule has 0 fully saturated rings. The molecular formula is C13H17F3N2. The van der Waals surface area contributed by atoms with Gasteiger partial charge in [-0.1, -0.05) is 6.92 Å². The summed E-state index contributed by atoms with van der Waals surface area (Å²) in [5.41, 5.74) is 1.04. The zero-order valence-electron chi connectivity index (χ0n) is 10.3. The molecule has 100 valence electrons. The van der Waals surface area contributed by atoms with Crippen molar-refractivity contribution in [2.75, 3.05) is 25.0 Å². The molecule has 2 nitrogen and oxygen atoms in total. The second-order valence-corrected chi connectivity index (χ2v) is 4.52. The molecule has 0 saturated heterocycles. The molecule has 0 radical (unpaired) electrons. The van der Waals surface area contributed by atoms with Crippen LogP contribution in [0.4, 0.5) is 18.9 Å². The first-order valence-electron chi connectivity index (χ1n) is 6.18. The lowest BCUT2D eigenvalue weighted by molar-refractivity contribution is -0.137. The SMILES string of the molecule is CCNCC1CCNc2ccc(C(F)(F)F)cc21. The average molecular weight is 258 g/mol. The van der Waals surface area contributed by atoms with Crippen molar-refractivity contribution in [2.45, 2.75) is 25.4 Å². The lowest BCUT2D eigenvalue weighted by Gasteiger charge is -2.27. The molecule has 0 spiro atoms. The number of fused-ring (bicyclic) bond motifs is 1. The van der Waals surface area contributed by atoms with E-state index < -0.39 is 11.7 Å². The van der Waals surface area contributed by atoms with E-state index in [1.165, 1.54) is 12.1 Å². The van der Waals surface area contributed by atoms with Gasteiger partial charge in [-0.2, -0.15) is 13.2 Å². The van der Waals surface area contributed by atoms with E-state index in [2.05, 4.69) is 10.6 Å². The van der Waals surface area contributed by atoms with Crippen molar-refractivity contribution in [3.05, 3.63) is 29.3 Å². The highest BCUT2D eigenvalue weighted by Crippen LogP contribution is 2.37. The first-order valence-corrected chi connectivity index (χ1v) is 6.18. The predicted molar refractivity (Wildman–Crippen MR) is 65.8 cm³/mol. The smallest absolute Gasteiger partial charge is 0.385 e. The van der Waals surface area contributed by atoms with Crippen LogP contribution in [0.3, 0.4) is 0 Å². The molecule has 1 aliphatic rings. The zero-order valence-corrected chi connectivity index (χ0v) is 10.3. The number of likely N-dealkylation sites (N-methyl/N-ethyl adjacent to an activating group) is 1. The molecule has 18 heavy (non-hydrogen) atoms. The Balaban J connectivity index is 2.29. The number of alkyl halides is 3. The van der Waals surface area contributed by atoms with E-state index in [4.69, 9.17) is 0 Å². The lowest BCUT2D eigenvalue weighted by atomic mass is 9.89. The molecule has 0 bridgehead atoms. The van der Waals surface area contributed by atoms with Gasteiger partial charge in [-0.15, -0.1) is 0 Å². The van der Waals surface area contributed by atoms with Gasteiger partial charge in [-0.3, -0.25) is 0 Å². The van der Waals surface area contributed by atoms with Crippen LogP contribution in [0.5, 0.6) is 0 Å². The van der Waals surface area contributed by atoms with Crippen molar-refractivity contribution < 1.29 is 13.2 Å². The van der Waals surface area contributed by atoms with Crippen LogP contribution >= 0.6 is 0 Å². The van der Waals surface area contributed by atoms with Crippen molar-refractivity contribution in [1.29, 1.82) is 0 Å². The van der Waals surface area contributed by atoms with Crippen LogP contribution in [0.15, 0.2) is 18.2 Å². The second kappa shape index (κ2) is 5.18. The minimum absolute atomic E-state index is 0.156. The fourth-order valence-corrected chi connectivity index (χ4v) is 2.30. The molecule has 1 aliphatic heterocycles. The molecule has 0 aromatic heterocycles. The fourth-order valence-electron chi connectivity index (χ4n) is 2.30. The Bertz CT molecular complexity index is 415. The van der Waals surface area contributed by atoms with Gasteiger partial charge in [0.15, 0.2) is 0 Å². The average Bonchev–Trinajstić information content (AvgIpc) is 2.34. The lowest BCUT2D eigenvalue weighted by Crippen LogP contribution is -2.27. The highest BCUT2D eigenvalue weighted by molar-refractivity contribution is 5.56. The first-order chi connectivity index (χ1) is 8.52. The molecule has 0 saturated carbocycles. The second-order valence-electron chi connectivity index (χ2n) is 4.52. The molecule has 0 aliphatic carbocycles. The Morgan fingerprint density at radius 1 is 1.39 bits per heavy atom. The van der Waals surface area contributed by atoms with Crippen molar-refractivity contribution in [3.8, 4) is 0 Å². The van der Waals surface area contributed by atoms with Gasteiger partial charge in [0.1, 0.15) is 0 Å². The first kappa shape index (κ1) is 13.2. The molecule has 1 unspecified atom stereocenters. The Hall–Kier alpha value is -1.23. The zero-order chi connectivity index (χ0) is 13.2. The predicted octanol–water partition coefficient (Wildman–Crippen LogP) is 3.21. The van der Waals surface area contributed by atoms with E-state index in [0.29, 0.717) is 0 Å². The standard InChI is InChI=1S/C13H17F3N2/c1-2-17-8-9-5-6-18-12-4-3-10(7-11(9)12)13(14,15)16/h3-4,7,9,17-18H,2,5-6,8H2,1H3. The van der Waals surface area contributed by atoms with Crippen molar-refractivity contribution >= 4 is 5.69 Å². The van der Waals surface area contributed by atoms with Gasteiger partial charge in [0.25, 0.3) is 0 Å². The van der Waals surface area contributed by atoms with Crippen LogP contribution in [-0.2, 0) is 6.18 Å². The molecule has 2 rings (SSSR count). The third-order valence-corrected chi connectivity index (χ3v) is 3.27. The van der Waals surface area contributed by atoms with E-state index in [0.717, 1.165) is 43.4 Å². The van der Waals surface area contributed by atoms with E-state index in [1.807, 2.05) is 6.92 Å². The van der Waals surface area contributed by atoms with Crippen LogP contribution in [0.2, 0.25) is 0 Å². The number of hydrogen-bond acceptors (Lipinski definition) is 2. The van der Waals surface area contributed by atoms with Gasteiger partial charge in [0.05, 0.1) is 5.56 Å². The van der Waals surface area contributed by atoms with E-state index in [9.17, 15) is 13.2 Å². The summed E-state index contributed by atoms with van der Waals surface area (Å²) < 4.78 is 38.1. The third-order valence-electron chi connectivity index (χ3n) is 3.27. The van der Waals surface area contributed by atoms with Crippen LogP contribution in [0.25, 0.3) is 0 Å². The summed E-state index contributed by atoms with van der Waals surface area (Å²) in [5, 5.41) is 6.36. The minimum Gasteiger partial charge on any atom is -0.385 e. The van der Waals surface area contributed by atoms with Crippen molar-refractivity contribution in [2.24, 2.45) is 0 Å². The Morgan fingerprint density at radius 2 is 2.17 bits per heavy atom. The maximum Gasteiger partial charge on any atom is 0.416 e. The van der Waals surface area contributed by atoms with Crippen LogP contribution in [0.1, 0.15) is 30.4 Å². The van der Waals surface area contributed by atoms with Gasteiger partial charge in [-0.05, 0) is 36.7 Å². The number of halogens is 3. The Labute approximate surface area is 105 Å². The quantitative estimate of drug-likeness (QED) is 0.870. The monoisotopic (exact) mass is 258 g/mol. The molecule has 1 heterocycles. The van der Waals surface area contributed by atoms with Crippen molar-refractivity contribution in [1.82, 2.24) is 5.32 Å². The van der Waals surface area contributed by atoms with Gasteiger partial charge >= 0.3 is 6.18 Å². The number of rotatable bonds is 3. The number of nitrogens with one attached hydrogen (secondary N) is 2. The normalized spacial score (nSPS) is 19.2. The molecule has 1 aromatic carbocycles.